The topological polar surface area (TPSA) is 77.8 Å². The van der Waals surface area contributed by atoms with Gasteiger partial charge in [0.05, 0.1) is 12.1 Å². The van der Waals surface area contributed by atoms with Crippen molar-refractivity contribution in [2.24, 2.45) is 11.8 Å². The van der Waals surface area contributed by atoms with Crippen molar-refractivity contribution in [1.82, 2.24) is 19.7 Å². The Morgan fingerprint density at radius 3 is 2.77 bits per heavy atom. The van der Waals surface area contributed by atoms with Gasteiger partial charge in [0.25, 0.3) is 5.56 Å². The monoisotopic (exact) mass is 428 g/mol. The normalized spacial score (nSPS) is 27.5. The first-order valence-corrected chi connectivity index (χ1v) is 11.7. The fourth-order valence-electron chi connectivity index (χ4n) is 5.85. The molecular formula is C24H36N4O3. The van der Waals surface area contributed by atoms with Crippen LogP contribution in [0.4, 0.5) is 0 Å². The van der Waals surface area contributed by atoms with Gasteiger partial charge in [-0.15, -0.1) is 0 Å². The third-order valence-corrected chi connectivity index (χ3v) is 7.29. The van der Waals surface area contributed by atoms with Gasteiger partial charge in [-0.2, -0.15) is 0 Å². The van der Waals surface area contributed by atoms with Gasteiger partial charge in [-0.25, -0.2) is 0 Å². The second kappa shape index (κ2) is 9.27. The van der Waals surface area contributed by atoms with Gasteiger partial charge in [0, 0.05) is 42.8 Å². The molecule has 3 aliphatic rings. The number of hydrogen-bond acceptors (Lipinski definition) is 5. The highest BCUT2D eigenvalue weighted by Gasteiger charge is 2.54. The minimum atomic E-state index is -0.356. The van der Waals surface area contributed by atoms with E-state index >= 15 is 0 Å². The zero-order valence-corrected chi connectivity index (χ0v) is 19.0. The molecule has 1 aromatic heterocycles. The van der Waals surface area contributed by atoms with Crippen molar-refractivity contribution >= 4 is 11.5 Å². The molecule has 2 N–H and O–H groups in total. The molecule has 1 aliphatic carbocycles. The highest BCUT2D eigenvalue weighted by Crippen LogP contribution is 2.49. The number of hydrogen-bond donors (Lipinski definition) is 2. The van der Waals surface area contributed by atoms with Crippen molar-refractivity contribution in [3.8, 4) is 0 Å². The fraction of sp³-hybridized carbons (Fsp3) is 0.667. The quantitative estimate of drug-likeness (QED) is 0.613. The zero-order chi connectivity index (χ0) is 22.1. The van der Waals surface area contributed by atoms with E-state index in [1.54, 1.807) is 0 Å². The van der Waals surface area contributed by atoms with Crippen LogP contribution in [-0.4, -0.2) is 71.8 Å². The van der Waals surface area contributed by atoms with Gasteiger partial charge in [0.1, 0.15) is 0 Å². The van der Waals surface area contributed by atoms with Gasteiger partial charge in [-0.3, -0.25) is 14.5 Å². The standard InChI is InChI=1S/C24H36N4O3/c1-4-27-21-18(19(15-29)22(27)23(30)25-12-7-13-26(2)3)14-28-20(21)11-10-17(24(28)31)16-8-5-6-9-16/h8,10-11,18-19,21-22,29H,4-7,9,12-15H2,1-3H3,(H,25,30)/t18-,19-,21+,22-/m1/s1. The minimum Gasteiger partial charge on any atom is -0.396 e. The second-order valence-corrected chi connectivity index (χ2v) is 9.39. The molecule has 0 bridgehead atoms. The summed E-state index contributed by atoms with van der Waals surface area (Å²) < 4.78 is 1.90. The van der Waals surface area contributed by atoms with Gasteiger partial charge in [-0.05, 0) is 70.6 Å². The number of rotatable bonds is 8. The number of nitrogens with one attached hydrogen (secondary N) is 1. The van der Waals surface area contributed by atoms with E-state index in [1.165, 1.54) is 5.57 Å². The molecule has 170 valence electrons. The lowest BCUT2D eigenvalue weighted by Crippen LogP contribution is -2.48. The number of carbonyl (C=O) groups excluding carboxylic acids is 1. The molecule has 0 aromatic carbocycles. The predicted octanol–water partition coefficient (Wildman–Crippen LogP) is 1.47. The summed E-state index contributed by atoms with van der Waals surface area (Å²) in [5, 5.41) is 13.3. The van der Waals surface area contributed by atoms with Gasteiger partial charge in [0.15, 0.2) is 0 Å². The third kappa shape index (κ3) is 3.99. The Bertz CT molecular complexity index is 907. The molecule has 0 unspecified atom stereocenters. The Labute approximate surface area is 184 Å². The number of aliphatic hydroxyl groups is 1. The average Bonchev–Trinajstić information content (AvgIpc) is 3.46. The lowest BCUT2D eigenvalue weighted by molar-refractivity contribution is -0.127. The lowest BCUT2D eigenvalue weighted by Gasteiger charge is -2.29. The maximum Gasteiger partial charge on any atom is 0.258 e. The summed E-state index contributed by atoms with van der Waals surface area (Å²) in [6.45, 7) is 4.84. The minimum absolute atomic E-state index is 0.000942. The molecule has 0 radical (unpaired) electrons. The Morgan fingerprint density at radius 2 is 2.13 bits per heavy atom. The van der Waals surface area contributed by atoms with Crippen LogP contribution < -0.4 is 10.9 Å². The molecule has 4 atom stereocenters. The van der Waals surface area contributed by atoms with E-state index in [-0.39, 0.29) is 42.0 Å². The molecule has 7 heteroatoms. The van der Waals surface area contributed by atoms with E-state index in [0.29, 0.717) is 19.6 Å². The summed E-state index contributed by atoms with van der Waals surface area (Å²) in [7, 11) is 4.04. The molecule has 0 saturated carbocycles. The Balaban J connectivity index is 1.58. The van der Waals surface area contributed by atoms with Crippen LogP contribution in [0.3, 0.4) is 0 Å². The van der Waals surface area contributed by atoms with E-state index in [0.717, 1.165) is 43.5 Å². The van der Waals surface area contributed by atoms with Crippen LogP contribution in [0.5, 0.6) is 0 Å². The van der Waals surface area contributed by atoms with Crippen LogP contribution in [0.25, 0.3) is 5.57 Å². The van der Waals surface area contributed by atoms with Crippen LogP contribution in [0, 0.1) is 11.8 Å². The van der Waals surface area contributed by atoms with E-state index in [9.17, 15) is 14.7 Å². The van der Waals surface area contributed by atoms with Crippen LogP contribution >= 0.6 is 0 Å². The number of likely N-dealkylation sites (tertiary alicyclic amines) is 1. The van der Waals surface area contributed by atoms with Crippen molar-refractivity contribution < 1.29 is 9.90 Å². The Hall–Kier alpha value is -1.96. The van der Waals surface area contributed by atoms with E-state index in [1.807, 2.05) is 24.7 Å². The number of amides is 1. The number of allylic oxidation sites excluding steroid dienone is 2. The predicted molar refractivity (Wildman–Crippen MR) is 122 cm³/mol. The van der Waals surface area contributed by atoms with Crippen molar-refractivity contribution in [2.45, 2.75) is 51.2 Å². The zero-order valence-electron chi connectivity index (χ0n) is 19.0. The van der Waals surface area contributed by atoms with Gasteiger partial charge < -0.3 is 19.9 Å². The highest BCUT2D eigenvalue weighted by molar-refractivity contribution is 5.82. The summed E-state index contributed by atoms with van der Waals surface area (Å²) in [5.74, 6) is -0.106. The molecule has 0 spiro atoms. The molecule has 1 saturated heterocycles. The summed E-state index contributed by atoms with van der Waals surface area (Å²) in [4.78, 5) is 30.7. The van der Waals surface area contributed by atoms with E-state index < -0.39 is 0 Å². The van der Waals surface area contributed by atoms with Crippen molar-refractivity contribution in [3.63, 3.8) is 0 Å². The molecule has 31 heavy (non-hydrogen) atoms. The number of pyridine rings is 1. The van der Waals surface area contributed by atoms with Crippen LogP contribution in [0.15, 0.2) is 23.0 Å². The first-order chi connectivity index (χ1) is 15.0. The second-order valence-electron chi connectivity index (χ2n) is 9.39. The van der Waals surface area contributed by atoms with Crippen molar-refractivity contribution in [2.75, 3.05) is 40.3 Å². The van der Waals surface area contributed by atoms with Gasteiger partial charge in [-0.1, -0.05) is 13.0 Å². The SMILES string of the molecule is CCN1[C@@H]2c3ccc(C4=CCCC4)c(=O)n3C[C@@H]2[C@@H](CO)[C@@H]1C(=O)NCCCN(C)C. The van der Waals surface area contributed by atoms with Crippen LogP contribution in [0.2, 0.25) is 0 Å². The number of fused-ring (bicyclic) bond motifs is 3. The highest BCUT2D eigenvalue weighted by atomic mass is 16.3. The van der Waals surface area contributed by atoms with E-state index in [4.69, 9.17) is 0 Å². The largest absolute Gasteiger partial charge is 0.396 e. The maximum absolute atomic E-state index is 13.3. The molecule has 7 nitrogen and oxygen atoms in total. The Kier molecular flexibility index (Phi) is 6.65. The average molecular weight is 429 g/mol. The van der Waals surface area contributed by atoms with Crippen LogP contribution in [0.1, 0.15) is 49.9 Å². The number of likely N-dealkylation sites (N-methyl/N-ethyl adjacent to an activating group) is 1. The third-order valence-electron chi connectivity index (χ3n) is 7.29. The van der Waals surface area contributed by atoms with E-state index in [2.05, 4.69) is 34.2 Å². The Morgan fingerprint density at radius 1 is 1.32 bits per heavy atom. The summed E-state index contributed by atoms with van der Waals surface area (Å²) in [5.41, 5.74) is 3.05. The molecule has 1 fully saturated rings. The maximum atomic E-state index is 13.3. The molecule has 1 amide bonds. The molecular weight excluding hydrogens is 392 g/mol. The molecule has 4 rings (SSSR count). The first-order valence-electron chi connectivity index (χ1n) is 11.7. The smallest absolute Gasteiger partial charge is 0.258 e. The number of carbonyl (C=O) groups is 1. The number of aromatic nitrogens is 1. The molecule has 3 heterocycles. The van der Waals surface area contributed by atoms with Crippen LogP contribution in [-0.2, 0) is 11.3 Å². The van der Waals surface area contributed by atoms with Crippen molar-refractivity contribution in [3.05, 3.63) is 39.8 Å². The number of nitrogens with zero attached hydrogens (tertiary/aromatic N) is 3. The summed E-state index contributed by atoms with van der Waals surface area (Å²) in [6, 6.07) is 3.70. The first kappa shape index (κ1) is 22.2. The molecule has 2 aliphatic heterocycles. The van der Waals surface area contributed by atoms with Crippen molar-refractivity contribution in [1.29, 1.82) is 0 Å². The summed E-state index contributed by atoms with van der Waals surface area (Å²) in [6.07, 6.45) is 6.21. The lowest BCUT2D eigenvalue weighted by atomic mass is 9.88. The van der Waals surface area contributed by atoms with Gasteiger partial charge >= 0.3 is 0 Å². The fourth-order valence-corrected chi connectivity index (χ4v) is 5.85. The summed E-state index contributed by atoms with van der Waals surface area (Å²) >= 11 is 0. The number of aliphatic hydroxyl groups excluding tert-OH is 1. The molecule has 1 aromatic rings. The van der Waals surface area contributed by atoms with Gasteiger partial charge in [0.2, 0.25) is 5.91 Å².